The van der Waals surface area contributed by atoms with Crippen molar-refractivity contribution >= 4 is 32.5 Å². The fourth-order valence-electron chi connectivity index (χ4n) is 2.64. The van der Waals surface area contributed by atoms with Crippen molar-refractivity contribution in [2.24, 2.45) is 0 Å². The summed E-state index contributed by atoms with van der Waals surface area (Å²) in [4.78, 5) is 11.8. The van der Waals surface area contributed by atoms with Crippen LogP contribution >= 0.6 is 0 Å². The zero-order valence-corrected chi connectivity index (χ0v) is 14.3. The van der Waals surface area contributed by atoms with Crippen molar-refractivity contribution < 1.29 is 22.5 Å². The van der Waals surface area contributed by atoms with Crippen molar-refractivity contribution in [1.82, 2.24) is 4.57 Å². The van der Waals surface area contributed by atoms with Crippen LogP contribution in [-0.2, 0) is 14.9 Å². The van der Waals surface area contributed by atoms with E-state index in [9.17, 15) is 13.2 Å². The van der Waals surface area contributed by atoms with Gasteiger partial charge in [-0.25, -0.2) is 4.79 Å². The number of nitriles is 1. The molecular formula is C17H13N3O5S. The fraction of sp³-hybridized carbons (Fsp3) is 0.0588. The van der Waals surface area contributed by atoms with E-state index in [4.69, 9.17) is 20.3 Å². The van der Waals surface area contributed by atoms with Gasteiger partial charge in [-0.1, -0.05) is 12.1 Å². The number of rotatable bonds is 3. The van der Waals surface area contributed by atoms with E-state index in [-0.39, 0.29) is 21.8 Å². The summed E-state index contributed by atoms with van der Waals surface area (Å²) in [6.45, 7) is 0. The molecule has 0 unspecified atom stereocenters. The number of nitrogens with two attached hydrogens (primary N) is 1. The van der Waals surface area contributed by atoms with Crippen LogP contribution in [0, 0.1) is 11.3 Å². The highest BCUT2D eigenvalue weighted by molar-refractivity contribution is 7.85. The Morgan fingerprint density at radius 1 is 1.23 bits per heavy atom. The van der Waals surface area contributed by atoms with Crippen molar-refractivity contribution in [2.75, 3.05) is 12.8 Å². The third kappa shape index (κ3) is 2.88. The zero-order chi connectivity index (χ0) is 19.1. The molecule has 0 saturated heterocycles. The minimum absolute atomic E-state index is 0.0150. The Labute approximate surface area is 148 Å². The lowest BCUT2D eigenvalue weighted by Crippen LogP contribution is -2.11. The number of nitrogen functional groups attached to an aromatic ring is 1. The van der Waals surface area contributed by atoms with Gasteiger partial charge in [0.1, 0.15) is 6.07 Å². The predicted octanol–water partition coefficient (Wildman–Crippen LogP) is 2.12. The monoisotopic (exact) mass is 371 g/mol. The Kier molecular flexibility index (Phi) is 4.15. The van der Waals surface area contributed by atoms with E-state index >= 15 is 0 Å². The lowest BCUT2D eigenvalue weighted by atomic mass is 10.1. The van der Waals surface area contributed by atoms with Crippen LogP contribution in [0.2, 0.25) is 0 Å². The maximum absolute atomic E-state index is 12.0. The Hall–Kier alpha value is -3.35. The van der Waals surface area contributed by atoms with E-state index in [0.717, 1.165) is 0 Å². The largest absolute Gasteiger partial charge is 0.464 e. The Morgan fingerprint density at radius 3 is 2.50 bits per heavy atom. The molecule has 0 atom stereocenters. The highest BCUT2D eigenvalue weighted by atomic mass is 32.2. The molecule has 9 heteroatoms. The van der Waals surface area contributed by atoms with Crippen LogP contribution in [0.5, 0.6) is 0 Å². The number of hydrogen-bond acceptors (Lipinski definition) is 6. The van der Waals surface area contributed by atoms with Crippen LogP contribution < -0.4 is 5.73 Å². The minimum atomic E-state index is -4.30. The number of benzene rings is 2. The average molecular weight is 371 g/mol. The van der Waals surface area contributed by atoms with E-state index in [2.05, 4.69) is 0 Å². The van der Waals surface area contributed by atoms with Gasteiger partial charge >= 0.3 is 5.97 Å². The summed E-state index contributed by atoms with van der Waals surface area (Å²) < 4.78 is 37.8. The molecule has 0 amide bonds. The quantitative estimate of drug-likeness (QED) is 0.531. The second-order valence-electron chi connectivity index (χ2n) is 5.45. The highest BCUT2D eigenvalue weighted by Crippen LogP contribution is 2.27. The third-order valence-electron chi connectivity index (χ3n) is 3.91. The number of carbonyl (C=O) groups excluding carboxylic acids is 1. The van der Waals surface area contributed by atoms with Gasteiger partial charge in [0, 0.05) is 11.9 Å². The molecule has 132 valence electrons. The van der Waals surface area contributed by atoms with Crippen LogP contribution in [0.4, 0.5) is 5.69 Å². The number of fused-ring (bicyclic) bond motifs is 1. The number of nitrogens with zero attached hydrogens (tertiary/aromatic N) is 2. The molecule has 0 fully saturated rings. The van der Waals surface area contributed by atoms with Crippen LogP contribution in [0.3, 0.4) is 0 Å². The van der Waals surface area contributed by atoms with E-state index in [1.54, 1.807) is 18.2 Å². The van der Waals surface area contributed by atoms with Gasteiger partial charge in [-0.2, -0.15) is 13.7 Å². The molecule has 0 saturated carbocycles. The van der Waals surface area contributed by atoms with Crippen molar-refractivity contribution in [3.8, 4) is 11.8 Å². The Balaban J connectivity index is 2.21. The number of methoxy groups -OCH3 is 1. The second-order valence-corrected chi connectivity index (χ2v) is 6.87. The van der Waals surface area contributed by atoms with Crippen LogP contribution in [0.25, 0.3) is 16.5 Å². The molecule has 3 aromatic rings. The molecule has 1 aromatic heterocycles. The molecule has 0 bridgehead atoms. The summed E-state index contributed by atoms with van der Waals surface area (Å²) in [5.74, 6) is -0.689. The molecule has 8 nitrogen and oxygen atoms in total. The average Bonchev–Trinajstić information content (AvgIpc) is 2.95. The van der Waals surface area contributed by atoms with E-state index in [0.29, 0.717) is 16.5 Å². The molecule has 3 rings (SSSR count). The molecule has 0 spiro atoms. The van der Waals surface area contributed by atoms with Crippen molar-refractivity contribution in [3.05, 3.63) is 53.9 Å². The summed E-state index contributed by atoms with van der Waals surface area (Å²) in [5.41, 5.74) is 6.58. The standard InChI is InChI=1S/C17H13N3O5S/c1-25-17(21)16-15(19)12(8-18)9-20(16)13-4-2-11-7-14(26(22,23)24)5-3-10(11)6-13/h2-7,9H,19H2,1H3,(H,22,23,24). The molecule has 0 aliphatic carbocycles. The van der Waals surface area contributed by atoms with E-state index in [1.807, 2.05) is 6.07 Å². The molecule has 1 heterocycles. The van der Waals surface area contributed by atoms with Crippen LogP contribution in [-0.4, -0.2) is 30.6 Å². The van der Waals surface area contributed by atoms with Gasteiger partial charge in [-0.3, -0.25) is 4.55 Å². The van der Waals surface area contributed by atoms with Crippen molar-refractivity contribution in [2.45, 2.75) is 4.90 Å². The summed E-state index contributed by atoms with van der Waals surface area (Å²) in [5, 5.41) is 10.4. The minimum Gasteiger partial charge on any atom is -0.464 e. The summed E-state index contributed by atoms with van der Waals surface area (Å²) >= 11 is 0. The number of aromatic nitrogens is 1. The smallest absolute Gasteiger partial charge is 0.357 e. The van der Waals surface area contributed by atoms with Crippen molar-refractivity contribution in [3.63, 3.8) is 0 Å². The second kappa shape index (κ2) is 6.18. The number of anilines is 1. The molecule has 26 heavy (non-hydrogen) atoms. The van der Waals surface area contributed by atoms with Crippen LogP contribution in [0.15, 0.2) is 47.5 Å². The number of carbonyl (C=O) groups is 1. The predicted molar refractivity (Wildman–Crippen MR) is 93.6 cm³/mol. The lowest BCUT2D eigenvalue weighted by molar-refractivity contribution is 0.0593. The number of hydrogen-bond donors (Lipinski definition) is 2. The van der Waals surface area contributed by atoms with Gasteiger partial charge in [0.15, 0.2) is 5.69 Å². The van der Waals surface area contributed by atoms with E-state index in [1.165, 1.54) is 36.1 Å². The molecular weight excluding hydrogens is 358 g/mol. The Morgan fingerprint density at radius 2 is 1.88 bits per heavy atom. The lowest BCUT2D eigenvalue weighted by Gasteiger charge is -2.10. The molecule has 3 N–H and O–H groups in total. The summed E-state index contributed by atoms with van der Waals surface area (Å²) in [6, 6.07) is 11.0. The SMILES string of the molecule is COC(=O)c1c(N)c(C#N)cn1-c1ccc2cc(S(=O)(=O)O)ccc2c1. The molecule has 0 radical (unpaired) electrons. The zero-order valence-electron chi connectivity index (χ0n) is 13.5. The molecule has 0 aliphatic heterocycles. The van der Waals surface area contributed by atoms with Gasteiger partial charge in [-0.15, -0.1) is 0 Å². The molecule has 2 aromatic carbocycles. The van der Waals surface area contributed by atoms with Crippen molar-refractivity contribution in [1.29, 1.82) is 5.26 Å². The summed E-state index contributed by atoms with van der Waals surface area (Å²) in [6.07, 6.45) is 1.43. The highest BCUT2D eigenvalue weighted by Gasteiger charge is 2.21. The summed E-state index contributed by atoms with van der Waals surface area (Å²) in [7, 11) is -3.09. The maximum atomic E-state index is 12.0. The topological polar surface area (TPSA) is 135 Å². The normalized spacial score (nSPS) is 11.3. The molecule has 0 aliphatic rings. The van der Waals surface area contributed by atoms with Gasteiger partial charge in [-0.05, 0) is 35.0 Å². The number of ether oxygens (including phenoxy) is 1. The maximum Gasteiger partial charge on any atom is 0.357 e. The van der Waals surface area contributed by atoms with Gasteiger partial charge in [0.05, 0.1) is 23.3 Å². The van der Waals surface area contributed by atoms with Crippen LogP contribution in [0.1, 0.15) is 16.1 Å². The van der Waals surface area contributed by atoms with Gasteiger partial charge in [0.2, 0.25) is 0 Å². The third-order valence-corrected chi connectivity index (χ3v) is 4.76. The number of esters is 1. The first-order valence-electron chi connectivity index (χ1n) is 7.27. The first-order chi connectivity index (χ1) is 12.3. The Bertz CT molecular complexity index is 1190. The van der Waals surface area contributed by atoms with E-state index < -0.39 is 16.1 Å². The van der Waals surface area contributed by atoms with Gasteiger partial charge < -0.3 is 15.0 Å². The first kappa shape index (κ1) is 17.5. The fourth-order valence-corrected chi connectivity index (χ4v) is 3.16. The van der Waals surface area contributed by atoms with Gasteiger partial charge in [0.25, 0.3) is 10.1 Å². The first-order valence-corrected chi connectivity index (χ1v) is 8.71.